The van der Waals surface area contributed by atoms with Gasteiger partial charge >= 0.3 is 6.03 Å². The molecule has 0 atom stereocenters. The molecule has 0 aromatic heterocycles. The Balaban J connectivity index is 2.02. The number of amides is 2. The Morgan fingerprint density at radius 1 is 0.850 bits per heavy atom. The number of nitrogens with one attached hydrogen (secondary N) is 2. The first-order valence-electron chi connectivity index (χ1n) is 5.63. The number of urea groups is 1. The number of hydrogen-bond acceptors (Lipinski definition) is 3. The highest BCUT2D eigenvalue weighted by Crippen LogP contribution is 2.17. The minimum Gasteiger partial charge on any atom is -0.308 e. The molecular formula is C13H11ClN2O3S. The minimum absolute atomic E-state index is 0.0202. The molecular weight excluding hydrogens is 300 g/mol. The lowest BCUT2D eigenvalue weighted by molar-refractivity contribution is 0.262. The quantitative estimate of drug-likeness (QED) is 0.854. The van der Waals surface area contributed by atoms with E-state index in [0.717, 1.165) is 0 Å². The molecule has 2 aromatic carbocycles. The van der Waals surface area contributed by atoms with Gasteiger partial charge in [0, 0.05) is 22.1 Å². The molecule has 0 unspecified atom stereocenters. The minimum atomic E-state index is -3.75. The van der Waals surface area contributed by atoms with Crippen LogP contribution in [0.25, 0.3) is 0 Å². The maximum Gasteiger partial charge on any atom is 0.323 e. The maximum absolute atomic E-state index is 11.7. The third-order valence-corrected chi connectivity index (χ3v) is 3.80. The predicted molar refractivity (Wildman–Crippen MR) is 78.6 cm³/mol. The van der Waals surface area contributed by atoms with E-state index in [1.165, 1.54) is 24.3 Å². The molecule has 104 valence electrons. The second kappa shape index (κ2) is 5.94. The van der Waals surface area contributed by atoms with E-state index in [2.05, 4.69) is 10.6 Å². The van der Waals surface area contributed by atoms with Crippen LogP contribution in [0.4, 0.5) is 16.2 Å². The molecule has 0 saturated carbocycles. The molecule has 2 amide bonds. The smallest absolute Gasteiger partial charge is 0.308 e. The second-order valence-corrected chi connectivity index (χ2v) is 6.47. The van der Waals surface area contributed by atoms with Crippen LogP contribution in [0.1, 0.15) is 0 Å². The lowest BCUT2D eigenvalue weighted by atomic mass is 10.3. The molecule has 0 spiro atoms. The van der Waals surface area contributed by atoms with Crippen LogP contribution in [-0.4, -0.2) is 14.4 Å². The largest absolute Gasteiger partial charge is 0.323 e. The van der Waals surface area contributed by atoms with Crippen molar-refractivity contribution in [2.75, 3.05) is 10.6 Å². The first-order valence-corrected chi connectivity index (χ1v) is 7.94. The third-order valence-electron chi connectivity index (χ3n) is 2.43. The summed E-state index contributed by atoms with van der Waals surface area (Å²) >= 11 is 0. The number of hydrogen-bond donors (Lipinski definition) is 2. The number of anilines is 2. The summed E-state index contributed by atoms with van der Waals surface area (Å²) in [5.41, 5.74) is 1.12. The summed E-state index contributed by atoms with van der Waals surface area (Å²) in [5, 5.41) is 5.22. The summed E-state index contributed by atoms with van der Waals surface area (Å²) in [6.45, 7) is 0. The van der Waals surface area contributed by atoms with Crippen molar-refractivity contribution in [2.24, 2.45) is 0 Å². The van der Waals surface area contributed by atoms with E-state index >= 15 is 0 Å². The van der Waals surface area contributed by atoms with Crippen LogP contribution in [0.2, 0.25) is 0 Å². The van der Waals surface area contributed by atoms with E-state index in [0.29, 0.717) is 11.4 Å². The Kier molecular flexibility index (Phi) is 4.26. The topological polar surface area (TPSA) is 75.3 Å². The molecule has 0 fully saturated rings. The van der Waals surface area contributed by atoms with Gasteiger partial charge in [-0.2, -0.15) is 0 Å². The Hall–Kier alpha value is -2.05. The van der Waals surface area contributed by atoms with Crippen LogP contribution in [-0.2, 0) is 9.05 Å². The van der Waals surface area contributed by atoms with Gasteiger partial charge in [-0.25, -0.2) is 13.2 Å². The van der Waals surface area contributed by atoms with Crippen LogP contribution in [0.5, 0.6) is 0 Å². The van der Waals surface area contributed by atoms with E-state index in [1.54, 1.807) is 24.3 Å². The Morgan fingerprint density at radius 2 is 1.35 bits per heavy atom. The average Bonchev–Trinajstić information content (AvgIpc) is 2.39. The SMILES string of the molecule is O=C(Nc1ccccc1)Nc1ccc(S(=O)(=O)Cl)cc1. The molecule has 2 N–H and O–H groups in total. The zero-order chi connectivity index (χ0) is 14.6. The summed E-state index contributed by atoms with van der Waals surface area (Å²) in [4.78, 5) is 11.7. The van der Waals surface area contributed by atoms with Gasteiger partial charge in [-0.15, -0.1) is 0 Å². The van der Waals surface area contributed by atoms with E-state index in [-0.39, 0.29) is 4.90 Å². The van der Waals surface area contributed by atoms with E-state index in [1.807, 2.05) is 6.07 Å². The fourth-order valence-electron chi connectivity index (χ4n) is 1.52. The first kappa shape index (κ1) is 14.4. The van der Waals surface area contributed by atoms with Crippen LogP contribution < -0.4 is 10.6 Å². The summed E-state index contributed by atoms with van der Waals surface area (Å²) < 4.78 is 22.1. The summed E-state index contributed by atoms with van der Waals surface area (Å²) in [7, 11) is 1.44. The molecule has 5 nitrogen and oxygen atoms in total. The van der Waals surface area contributed by atoms with Gasteiger partial charge in [0.25, 0.3) is 9.05 Å². The number of benzene rings is 2. The third kappa shape index (κ3) is 3.97. The lowest BCUT2D eigenvalue weighted by Crippen LogP contribution is -2.19. The zero-order valence-corrected chi connectivity index (χ0v) is 11.8. The highest BCUT2D eigenvalue weighted by molar-refractivity contribution is 8.13. The molecule has 0 aliphatic carbocycles. The molecule has 0 aliphatic rings. The maximum atomic E-state index is 11.7. The van der Waals surface area contributed by atoms with Gasteiger partial charge in [0.1, 0.15) is 0 Å². The van der Waals surface area contributed by atoms with Crippen molar-refractivity contribution in [2.45, 2.75) is 4.90 Å². The van der Waals surface area contributed by atoms with Gasteiger partial charge < -0.3 is 10.6 Å². The van der Waals surface area contributed by atoms with Gasteiger partial charge in [-0.1, -0.05) is 18.2 Å². The fourth-order valence-corrected chi connectivity index (χ4v) is 2.29. The van der Waals surface area contributed by atoms with Crippen LogP contribution in [0.15, 0.2) is 59.5 Å². The van der Waals surface area contributed by atoms with Gasteiger partial charge in [0.05, 0.1) is 4.90 Å². The normalized spacial score (nSPS) is 10.8. The predicted octanol–water partition coefficient (Wildman–Crippen LogP) is 3.26. The molecule has 0 radical (unpaired) electrons. The van der Waals surface area contributed by atoms with Crippen LogP contribution in [0, 0.1) is 0 Å². The van der Waals surface area contributed by atoms with Crippen molar-refractivity contribution >= 4 is 37.1 Å². The fraction of sp³-hybridized carbons (Fsp3) is 0. The molecule has 2 rings (SSSR count). The summed E-state index contributed by atoms with van der Waals surface area (Å²) in [6.07, 6.45) is 0. The summed E-state index contributed by atoms with van der Waals surface area (Å²) in [6, 6.07) is 14.1. The first-order chi connectivity index (χ1) is 9.45. The zero-order valence-electron chi connectivity index (χ0n) is 10.2. The van der Waals surface area contributed by atoms with Gasteiger partial charge in [-0.05, 0) is 36.4 Å². The van der Waals surface area contributed by atoms with Gasteiger partial charge in [0.2, 0.25) is 0 Å². The molecule has 2 aromatic rings. The lowest BCUT2D eigenvalue weighted by Gasteiger charge is -2.07. The molecule has 7 heteroatoms. The number of halogens is 1. The Bertz CT molecular complexity index is 700. The van der Waals surface area contributed by atoms with Crippen molar-refractivity contribution in [3.8, 4) is 0 Å². The van der Waals surface area contributed by atoms with E-state index in [4.69, 9.17) is 10.7 Å². The highest BCUT2D eigenvalue weighted by Gasteiger charge is 2.09. The van der Waals surface area contributed by atoms with E-state index in [9.17, 15) is 13.2 Å². The van der Waals surface area contributed by atoms with Crippen molar-refractivity contribution in [1.82, 2.24) is 0 Å². The van der Waals surface area contributed by atoms with Gasteiger partial charge in [0.15, 0.2) is 0 Å². The van der Waals surface area contributed by atoms with Crippen molar-refractivity contribution in [3.05, 3.63) is 54.6 Å². The average molecular weight is 311 g/mol. The monoisotopic (exact) mass is 310 g/mol. The van der Waals surface area contributed by atoms with E-state index < -0.39 is 15.1 Å². The molecule has 0 saturated heterocycles. The van der Waals surface area contributed by atoms with Gasteiger partial charge in [-0.3, -0.25) is 0 Å². The molecule has 0 bridgehead atoms. The molecule has 0 aliphatic heterocycles. The van der Waals surface area contributed by atoms with Crippen LogP contribution in [0.3, 0.4) is 0 Å². The van der Waals surface area contributed by atoms with Crippen molar-refractivity contribution in [1.29, 1.82) is 0 Å². The standard InChI is InChI=1S/C13H11ClN2O3S/c14-20(18,19)12-8-6-11(7-9-12)16-13(17)15-10-4-2-1-3-5-10/h1-9H,(H2,15,16,17). The number of para-hydroxylation sites is 1. The Morgan fingerprint density at radius 3 is 1.85 bits per heavy atom. The number of carbonyl (C=O) groups excluding carboxylic acids is 1. The second-order valence-electron chi connectivity index (χ2n) is 3.91. The molecule has 20 heavy (non-hydrogen) atoms. The van der Waals surface area contributed by atoms with Crippen molar-refractivity contribution < 1.29 is 13.2 Å². The number of carbonyl (C=O) groups is 1. The summed E-state index contributed by atoms with van der Waals surface area (Å²) in [5.74, 6) is 0. The van der Waals surface area contributed by atoms with Crippen molar-refractivity contribution in [3.63, 3.8) is 0 Å². The number of rotatable bonds is 3. The Labute approximate surface area is 121 Å². The van der Waals surface area contributed by atoms with Crippen LogP contribution >= 0.6 is 10.7 Å². The molecule has 0 heterocycles. The highest BCUT2D eigenvalue weighted by atomic mass is 35.7.